The number of carbonyl (C=O) groups is 3. The Balaban J connectivity index is 0.000000646. The second-order valence-corrected chi connectivity index (χ2v) is 9.58. The van der Waals surface area contributed by atoms with Gasteiger partial charge < -0.3 is 24.4 Å². The third-order valence-electron chi connectivity index (χ3n) is 6.01. The highest BCUT2D eigenvalue weighted by Crippen LogP contribution is 2.30. The zero-order chi connectivity index (χ0) is 31.8. The van der Waals surface area contributed by atoms with Gasteiger partial charge in [0.25, 0.3) is 0 Å². The first-order valence-corrected chi connectivity index (χ1v) is 12.7. The number of carbonyl (C=O) groups excluding carboxylic acids is 1. The van der Waals surface area contributed by atoms with E-state index >= 15 is 0 Å². The number of hydrogen-bond donors (Lipinski definition) is 2. The maximum atomic E-state index is 13.2. The summed E-state index contributed by atoms with van der Waals surface area (Å²) in [5.74, 6) is -3.31. The molecule has 43 heavy (non-hydrogen) atoms. The van der Waals surface area contributed by atoms with E-state index in [2.05, 4.69) is 35.3 Å². The number of ketones is 1. The lowest BCUT2D eigenvalue weighted by Crippen LogP contribution is -2.38. The number of hydrogen-bond acceptors (Lipinski definition) is 7. The highest BCUT2D eigenvalue weighted by Gasteiger charge is 2.38. The molecule has 1 heterocycles. The van der Waals surface area contributed by atoms with Crippen LogP contribution >= 0.6 is 0 Å². The minimum atomic E-state index is -5.08. The second kappa shape index (κ2) is 13.7. The standard InChI is InChI=1S/C29H27NO6.C2HF3O2/c1-29(2,28(32)33)36-25-17-23(34-3)11-12-24(25)27(31)22-10-13-26(30-18-22)35-15-14-19-8-9-20-6-4-5-7-21(20)16-19;3-2(4,5)1(6)7/h4-13,16-18H,14-15H2,1-3H3,(H,32,33);(H,6,7). The van der Waals surface area contributed by atoms with E-state index in [1.807, 2.05) is 12.1 Å². The zero-order valence-electron chi connectivity index (χ0n) is 23.3. The lowest BCUT2D eigenvalue weighted by atomic mass is 10.0. The summed E-state index contributed by atoms with van der Waals surface area (Å²) in [6.45, 7) is 3.27. The van der Waals surface area contributed by atoms with Crippen LogP contribution in [0.15, 0.2) is 79.0 Å². The van der Waals surface area contributed by atoms with Crippen LogP contribution in [-0.2, 0) is 16.0 Å². The normalized spacial score (nSPS) is 11.2. The van der Waals surface area contributed by atoms with E-state index in [0.717, 1.165) is 12.0 Å². The molecule has 12 heteroatoms. The Kier molecular flexibility index (Phi) is 10.3. The molecular formula is C31H28F3NO8. The summed E-state index contributed by atoms with van der Waals surface area (Å²) in [6, 6.07) is 22.4. The van der Waals surface area contributed by atoms with Crippen LogP contribution in [0.2, 0.25) is 0 Å². The van der Waals surface area contributed by atoms with Crippen LogP contribution in [0.4, 0.5) is 13.2 Å². The third-order valence-corrected chi connectivity index (χ3v) is 6.01. The summed E-state index contributed by atoms with van der Waals surface area (Å²) in [5.41, 5.74) is 0.149. The molecule has 0 radical (unpaired) electrons. The molecule has 1 aromatic heterocycles. The average Bonchev–Trinajstić information content (AvgIpc) is 2.96. The average molecular weight is 600 g/mol. The van der Waals surface area contributed by atoms with Gasteiger partial charge in [-0.25, -0.2) is 14.6 Å². The van der Waals surface area contributed by atoms with Crippen molar-refractivity contribution in [2.45, 2.75) is 32.0 Å². The molecule has 4 rings (SSSR count). The number of nitrogens with zero attached hydrogens (tertiary/aromatic N) is 1. The Morgan fingerprint density at radius 3 is 2.12 bits per heavy atom. The van der Waals surface area contributed by atoms with Crippen molar-refractivity contribution in [2.75, 3.05) is 13.7 Å². The van der Waals surface area contributed by atoms with Gasteiger partial charge in [-0.15, -0.1) is 0 Å². The van der Waals surface area contributed by atoms with E-state index in [1.165, 1.54) is 44.0 Å². The molecule has 0 unspecified atom stereocenters. The summed E-state index contributed by atoms with van der Waals surface area (Å²) in [5, 5.41) is 18.9. The van der Waals surface area contributed by atoms with Crippen LogP contribution in [0.5, 0.6) is 17.4 Å². The van der Waals surface area contributed by atoms with E-state index in [0.29, 0.717) is 23.8 Å². The van der Waals surface area contributed by atoms with E-state index in [-0.39, 0.29) is 17.1 Å². The van der Waals surface area contributed by atoms with Gasteiger partial charge in [-0.3, -0.25) is 4.79 Å². The fourth-order valence-corrected chi connectivity index (χ4v) is 3.64. The van der Waals surface area contributed by atoms with Gasteiger partial charge in [0.15, 0.2) is 11.4 Å². The molecule has 3 aromatic carbocycles. The number of carboxylic acids is 2. The Labute approximate surface area is 244 Å². The topological polar surface area (TPSA) is 132 Å². The number of carboxylic acid groups (broad SMARTS) is 2. The van der Waals surface area contributed by atoms with Gasteiger partial charge in [0, 0.05) is 30.3 Å². The van der Waals surface area contributed by atoms with Crippen LogP contribution in [0, 0.1) is 0 Å². The summed E-state index contributed by atoms with van der Waals surface area (Å²) >= 11 is 0. The molecule has 0 amide bonds. The minimum Gasteiger partial charge on any atom is -0.497 e. The Bertz CT molecular complexity index is 1600. The SMILES string of the molecule is COc1ccc(C(=O)c2ccc(OCCc3ccc4ccccc4c3)nc2)c(OC(C)(C)C(=O)O)c1.O=C(O)C(F)(F)F. The second-order valence-electron chi connectivity index (χ2n) is 9.58. The predicted octanol–water partition coefficient (Wildman–Crippen LogP) is 5.97. The lowest BCUT2D eigenvalue weighted by molar-refractivity contribution is -0.192. The Morgan fingerprint density at radius 2 is 1.53 bits per heavy atom. The Morgan fingerprint density at radius 1 is 0.860 bits per heavy atom. The van der Waals surface area contributed by atoms with Gasteiger partial charge in [0.1, 0.15) is 11.5 Å². The molecule has 0 atom stereocenters. The van der Waals surface area contributed by atoms with Gasteiger partial charge in [-0.1, -0.05) is 42.5 Å². The molecule has 226 valence electrons. The first kappa shape index (κ1) is 32.4. The summed E-state index contributed by atoms with van der Waals surface area (Å²) in [4.78, 5) is 37.9. The van der Waals surface area contributed by atoms with Gasteiger partial charge in [-0.2, -0.15) is 13.2 Å². The molecule has 0 aliphatic heterocycles. The summed E-state index contributed by atoms with van der Waals surface area (Å²) in [6.07, 6.45) is -2.93. The molecule has 0 bridgehead atoms. The van der Waals surface area contributed by atoms with E-state index in [1.54, 1.807) is 24.3 Å². The van der Waals surface area contributed by atoms with Gasteiger partial charge in [0.2, 0.25) is 5.88 Å². The first-order valence-electron chi connectivity index (χ1n) is 12.7. The number of pyridine rings is 1. The van der Waals surface area contributed by atoms with Gasteiger partial charge in [0.05, 0.1) is 19.3 Å². The molecular weight excluding hydrogens is 571 g/mol. The number of aliphatic carboxylic acids is 2. The van der Waals surface area contributed by atoms with Crippen molar-refractivity contribution in [1.82, 2.24) is 4.98 Å². The number of fused-ring (bicyclic) bond motifs is 1. The number of rotatable bonds is 10. The van der Waals surface area contributed by atoms with Crippen LogP contribution in [0.3, 0.4) is 0 Å². The molecule has 2 N–H and O–H groups in total. The fourth-order valence-electron chi connectivity index (χ4n) is 3.64. The smallest absolute Gasteiger partial charge is 0.490 e. The molecule has 0 fully saturated rings. The summed E-state index contributed by atoms with van der Waals surface area (Å²) in [7, 11) is 1.48. The van der Waals surface area contributed by atoms with Gasteiger partial charge >= 0.3 is 18.1 Å². The molecule has 0 saturated carbocycles. The molecule has 4 aromatic rings. The van der Waals surface area contributed by atoms with Crippen molar-refractivity contribution in [2.24, 2.45) is 0 Å². The highest BCUT2D eigenvalue weighted by molar-refractivity contribution is 6.10. The Hall–Kier alpha value is -5.13. The molecule has 0 spiro atoms. The number of methoxy groups -OCH3 is 1. The van der Waals surface area contributed by atoms with Crippen molar-refractivity contribution >= 4 is 28.5 Å². The van der Waals surface area contributed by atoms with Crippen molar-refractivity contribution in [3.05, 3.63) is 95.7 Å². The van der Waals surface area contributed by atoms with Crippen molar-refractivity contribution in [3.63, 3.8) is 0 Å². The maximum absolute atomic E-state index is 13.2. The quantitative estimate of drug-likeness (QED) is 0.212. The van der Waals surface area contributed by atoms with Crippen molar-refractivity contribution < 1.29 is 52.0 Å². The van der Waals surface area contributed by atoms with Crippen LogP contribution in [0.1, 0.15) is 35.3 Å². The third kappa shape index (κ3) is 8.93. The predicted molar refractivity (Wildman–Crippen MR) is 150 cm³/mol. The molecule has 0 saturated heterocycles. The van der Waals surface area contributed by atoms with E-state index < -0.39 is 23.7 Å². The molecule has 9 nitrogen and oxygen atoms in total. The maximum Gasteiger partial charge on any atom is 0.490 e. The first-order chi connectivity index (χ1) is 20.2. The monoisotopic (exact) mass is 599 g/mol. The van der Waals surface area contributed by atoms with Gasteiger partial charge in [-0.05, 0) is 48.4 Å². The number of benzene rings is 3. The lowest BCUT2D eigenvalue weighted by Gasteiger charge is -2.23. The minimum absolute atomic E-state index is 0.113. The van der Waals surface area contributed by atoms with Crippen molar-refractivity contribution in [3.8, 4) is 17.4 Å². The number of aromatic nitrogens is 1. The fraction of sp³-hybridized carbons (Fsp3) is 0.226. The molecule has 0 aliphatic rings. The van der Waals surface area contributed by atoms with E-state index in [4.69, 9.17) is 24.1 Å². The zero-order valence-corrected chi connectivity index (χ0v) is 23.3. The van der Waals surface area contributed by atoms with Crippen molar-refractivity contribution in [1.29, 1.82) is 0 Å². The molecule has 0 aliphatic carbocycles. The number of alkyl halides is 3. The number of halogens is 3. The van der Waals surface area contributed by atoms with Crippen LogP contribution < -0.4 is 14.2 Å². The van der Waals surface area contributed by atoms with Crippen LogP contribution in [-0.4, -0.2) is 58.4 Å². The van der Waals surface area contributed by atoms with E-state index in [9.17, 15) is 27.9 Å². The van der Waals surface area contributed by atoms with Crippen LogP contribution in [0.25, 0.3) is 10.8 Å². The summed E-state index contributed by atoms with van der Waals surface area (Å²) < 4.78 is 48.4. The largest absolute Gasteiger partial charge is 0.497 e. The highest BCUT2D eigenvalue weighted by atomic mass is 19.4. The number of ether oxygens (including phenoxy) is 3.